The average molecular weight is 553 g/mol. The second-order valence-corrected chi connectivity index (χ2v) is 11.4. The van der Waals surface area contributed by atoms with E-state index in [0.717, 1.165) is 17.8 Å². The molecule has 0 bridgehead atoms. The van der Waals surface area contributed by atoms with Crippen molar-refractivity contribution in [2.24, 2.45) is 4.99 Å². The van der Waals surface area contributed by atoms with Crippen LogP contribution < -0.4 is 10.6 Å². The number of pyridine rings is 1. The van der Waals surface area contributed by atoms with E-state index in [1.807, 2.05) is 0 Å². The zero-order chi connectivity index (χ0) is 27.0. The number of carbonyl (C=O) groups excluding carboxylic acids is 2. The van der Waals surface area contributed by atoms with Gasteiger partial charge in [-0.1, -0.05) is 23.4 Å². The zero-order valence-electron chi connectivity index (χ0n) is 20.7. The quantitative estimate of drug-likeness (QED) is 0.524. The van der Waals surface area contributed by atoms with Gasteiger partial charge < -0.3 is 14.8 Å². The van der Waals surface area contributed by atoms with Gasteiger partial charge in [-0.2, -0.15) is 0 Å². The topological polar surface area (TPSA) is 102 Å². The summed E-state index contributed by atoms with van der Waals surface area (Å²) < 4.78 is 43.1. The van der Waals surface area contributed by atoms with Gasteiger partial charge in [-0.05, 0) is 58.0 Å². The molecule has 0 spiro atoms. The van der Waals surface area contributed by atoms with Gasteiger partial charge in [0.25, 0.3) is 5.91 Å². The van der Waals surface area contributed by atoms with Gasteiger partial charge in [0.1, 0.15) is 22.7 Å². The van der Waals surface area contributed by atoms with Crippen LogP contribution in [0.1, 0.15) is 50.2 Å². The van der Waals surface area contributed by atoms with Crippen LogP contribution in [0, 0.1) is 5.82 Å². The first-order valence-electron chi connectivity index (χ1n) is 11.6. The summed E-state index contributed by atoms with van der Waals surface area (Å²) in [6, 6.07) is 6.79. The molecule has 0 unspecified atom stereocenters. The molecule has 4 rings (SSSR count). The van der Waals surface area contributed by atoms with Crippen molar-refractivity contribution in [1.29, 1.82) is 0 Å². The number of alkyl halides is 1. The van der Waals surface area contributed by atoms with Gasteiger partial charge in [-0.3, -0.25) is 10.1 Å². The van der Waals surface area contributed by atoms with Crippen molar-refractivity contribution in [2.45, 2.75) is 57.0 Å². The highest BCUT2D eigenvalue weighted by Gasteiger charge is 2.60. The minimum Gasteiger partial charge on any atom is -0.444 e. The smallest absolute Gasteiger partial charge is 0.413 e. The molecule has 2 aliphatic heterocycles. The maximum absolute atomic E-state index is 16.6. The lowest BCUT2D eigenvalue weighted by atomic mass is 9.72. The van der Waals surface area contributed by atoms with E-state index in [1.54, 1.807) is 27.7 Å². The Hall–Kier alpha value is -2.76. The first kappa shape index (κ1) is 27.3. The summed E-state index contributed by atoms with van der Waals surface area (Å²) in [5.74, 6) is -1.38. The molecular formula is C25H27ClF2N4O4S. The number of nitrogens with one attached hydrogen (secondary N) is 2. The summed E-state index contributed by atoms with van der Waals surface area (Å²) in [6.07, 6.45) is 0.115. The summed E-state index contributed by atoms with van der Waals surface area (Å²) >= 11 is 6.84. The van der Waals surface area contributed by atoms with Gasteiger partial charge >= 0.3 is 6.09 Å². The third-order valence-electron chi connectivity index (χ3n) is 5.90. The number of hydrogen-bond acceptors (Lipinski definition) is 7. The molecule has 37 heavy (non-hydrogen) atoms. The van der Waals surface area contributed by atoms with Crippen molar-refractivity contribution < 1.29 is 27.8 Å². The summed E-state index contributed by atoms with van der Waals surface area (Å²) in [5, 5.41) is 5.64. The minimum atomic E-state index is -1.99. The predicted molar refractivity (Wildman–Crippen MR) is 138 cm³/mol. The van der Waals surface area contributed by atoms with E-state index in [9.17, 15) is 9.59 Å². The largest absolute Gasteiger partial charge is 0.444 e. The molecule has 3 heterocycles. The molecule has 2 aromatic rings. The number of nitrogens with zero attached hydrogens (tertiary/aromatic N) is 2. The number of anilines is 1. The van der Waals surface area contributed by atoms with Crippen LogP contribution in [0.3, 0.4) is 0 Å². The normalized spacial score (nSPS) is 25.5. The number of alkyl carbamates (subject to hydrolysis) is 1. The van der Waals surface area contributed by atoms with Gasteiger partial charge in [-0.15, -0.1) is 0 Å². The number of fused-ring (bicyclic) bond motifs is 1. The SMILES string of the molecule is C[C@H]1C[C@@]2(F)CSC(NC(=O)OC(C)(C)C)=N[C@@]2(c2cc(NC(=O)c3ccc(Cl)cn3)ccc2F)CO1. The van der Waals surface area contributed by atoms with E-state index >= 15 is 8.78 Å². The van der Waals surface area contributed by atoms with Crippen LogP contribution in [-0.4, -0.2) is 51.9 Å². The van der Waals surface area contributed by atoms with Crippen LogP contribution in [0.15, 0.2) is 41.5 Å². The maximum atomic E-state index is 16.6. The fourth-order valence-electron chi connectivity index (χ4n) is 4.23. The molecule has 1 aromatic carbocycles. The maximum Gasteiger partial charge on any atom is 0.413 e. The number of carbonyl (C=O) groups is 2. The Kier molecular flexibility index (Phi) is 7.51. The number of rotatable bonds is 3. The van der Waals surface area contributed by atoms with E-state index < -0.39 is 40.7 Å². The van der Waals surface area contributed by atoms with Crippen molar-refractivity contribution >= 4 is 46.2 Å². The third-order valence-corrected chi connectivity index (χ3v) is 7.19. The highest BCUT2D eigenvalue weighted by molar-refractivity contribution is 8.14. The fraction of sp³-hybridized carbons (Fsp3) is 0.440. The molecule has 198 valence electrons. The first-order chi connectivity index (χ1) is 17.3. The molecule has 3 atom stereocenters. The Morgan fingerprint density at radius 1 is 1.24 bits per heavy atom. The summed E-state index contributed by atoms with van der Waals surface area (Å²) in [6.45, 7) is 6.60. The van der Waals surface area contributed by atoms with Gasteiger partial charge in [0.05, 0.1) is 17.7 Å². The van der Waals surface area contributed by atoms with Crippen LogP contribution in [-0.2, 0) is 15.0 Å². The van der Waals surface area contributed by atoms with Crippen LogP contribution in [0.25, 0.3) is 0 Å². The summed E-state index contributed by atoms with van der Waals surface area (Å²) in [7, 11) is 0. The van der Waals surface area contributed by atoms with Crippen LogP contribution in [0.2, 0.25) is 5.02 Å². The Morgan fingerprint density at radius 3 is 2.68 bits per heavy atom. The first-order valence-corrected chi connectivity index (χ1v) is 12.9. The molecule has 0 saturated carbocycles. The zero-order valence-corrected chi connectivity index (χ0v) is 22.3. The predicted octanol–water partition coefficient (Wildman–Crippen LogP) is 5.47. The third kappa shape index (κ3) is 5.89. The van der Waals surface area contributed by atoms with Crippen molar-refractivity contribution in [3.05, 3.63) is 58.6 Å². The molecule has 2 amide bonds. The van der Waals surface area contributed by atoms with Gasteiger partial charge in [0.2, 0.25) is 0 Å². The van der Waals surface area contributed by atoms with Crippen molar-refractivity contribution in [3.8, 4) is 0 Å². The Labute approximate surface area is 222 Å². The molecule has 2 aliphatic rings. The molecule has 8 nitrogen and oxygen atoms in total. The summed E-state index contributed by atoms with van der Waals surface area (Å²) in [5.41, 5.74) is -4.35. The monoisotopic (exact) mass is 552 g/mol. The Morgan fingerprint density at radius 2 is 2.00 bits per heavy atom. The number of aliphatic imine (C=N–C) groups is 1. The number of ether oxygens (including phenoxy) is 2. The van der Waals surface area contributed by atoms with Crippen molar-refractivity contribution in [2.75, 3.05) is 17.7 Å². The molecular weight excluding hydrogens is 526 g/mol. The van der Waals surface area contributed by atoms with Crippen LogP contribution >= 0.6 is 23.4 Å². The molecule has 0 radical (unpaired) electrons. The highest BCUT2D eigenvalue weighted by atomic mass is 35.5. The van der Waals surface area contributed by atoms with Crippen LogP contribution in [0.4, 0.5) is 19.3 Å². The van der Waals surface area contributed by atoms with Crippen molar-refractivity contribution in [3.63, 3.8) is 0 Å². The van der Waals surface area contributed by atoms with Gasteiger partial charge in [0.15, 0.2) is 10.8 Å². The van der Waals surface area contributed by atoms with E-state index in [-0.39, 0.29) is 40.9 Å². The number of thioether (sulfide) groups is 1. The molecule has 1 aromatic heterocycles. The number of aromatic nitrogens is 1. The minimum absolute atomic E-state index is 0.0338. The lowest BCUT2D eigenvalue weighted by molar-refractivity contribution is -0.107. The standard InChI is InChI=1S/C25H27ClF2N4O4S/c1-14-10-24(28)13-37-21(31-22(34)36-23(2,3)4)32-25(24,12-35-14)17-9-16(6-7-18(17)27)30-20(33)19-8-5-15(26)11-29-19/h5-9,11,14H,10,12-13H2,1-4H3,(H,30,33)(H,31,32,34)/t14-,24+,25+/m0/s1. The van der Waals surface area contributed by atoms with Gasteiger partial charge in [0, 0.05) is 29.6 Å². The second kappa shape index (κ2) is 10.2. The lowest BCUT2D eigenvalue weighted by Crippen LogP contribution is -2.61. The average Bonchev–Trinajstić information content (AvgIpc) is 2.79. The molecule has 12 heteroatoms. The molecule has 0 aliphatic carbocycles. The Balaban J connectivity index is 1.71. The second-order valence-electron chi connectivity index (χ2n) is 9.99. The molecule has 2 N–H and O–H groups in total. The van der Waals surface area contributed by atoms with Crippen LogP contribution in [0.5, 0.6) is 0 Å². The lowest BCUT2D eigenvalue weighted by Gasteiger charge is -2.50. The Bertz CT molecular complexity index is 1240. The summed E-state index contributed by atoms with van der Waals surface area (Å²) in [4.78, 5) is 33.5. The van der Waals surface area contributed by atoms with E-state index in [4.69, 9.17) is 21.1 Å². The number of amides is 2. The molecule has 1 saturated heterocycles. The molecule has 1 fully saturated rings. The number of halogens is 3. The van der Waals surface area contributed by atoms with E-state index in [0.29, 0.717) is 5.02 Å². The van der Waals surface area contributed by atoms with E-state index in [1.165, 1.54) is 30.5 Å². The van der Waals surface area contributed by atoms with Crippen molar-refractivity contribution in [1.82, 2.24) is 10.3 Å². The highest BCUT2D eigenvalue weighted by Crippen LogP contribution is 2.52. The fourth-order valence-corrected chi connectivity index (χ4v) is 5.44. The van der Waals surface area contributed by atoms with Gasteiger partial charge in [-0.25, -0.2) is 23.6 Å². The number of hydrogen-bond donors (Lipinski definition) is 2. The van der Waals surface area contributed by atoms with E-state index in [2.05, 4.69) is 20.6 Å². The number of benzene rings is 1. The number of amidine groups is 1.